The van der Waals surface area contributed by atoms with Crippen LogP contribution in [0.15, 0.2) is 11.7 Å². The summed E-state index contributed by atoms with van der Waals surface area (Å²) in [5, 5.41) is 0. The SMILES string of the molecule is O=C1CC[C@@]2(CCCN(CC3CC3)CC2)N1Cc1cncs1. The zero-order valence-electron chi connectivity index (χ0n) is 13.2. The summed E-state index contributed by atoms with van der Waals surface area (Å²) >= 11 is 1.67. The van der Waals surface area contributed by atoms with E-state index in [1.54, 1.807) is 11.3 Å². The first-order chi connectivity index (χ1) is 10.8. The second kappa shape index (κ2) is 5.93. The number of likely N-dealkylation sites (tertiary alicyclic amines) is 2. The Kier molecular flexibility index (Phi) is 3.95. The number of amides is 1. The van der Waals surface area contributed by atoms with Gasteiger partial charge in [-0.3, -0.25) is 9.78 Å². The fourth-order valence-corrected chi connectivity index (χ4v) is 4.79. The van der Waals surface area contributed by atoms with E-state index in [-0.39, 0.29) is 5.54 Å². The van der Waals surface area contributed by atoms with E-state index in [0.29, 0.717) is 5.91 Å². The fraction of sp³-hybridized carbons (Fsp3) is 0.765. The molecule has 1 aliphatic carbocycles. The van der Waals surface area contributed by atoms with Crippen molar-refractivity contribution < 1.29 is 4.79 Å². The van der Waals surface area contributed by atoms with Crippen molar-refractivity contribution in [3.8, 4) is 0 Å². The summed E-state index contributed by atoms with van der Waals surface area (Å²) in [6, 6.07) is 0. The van der Waals surface area contributed by atoms with Crippen molar-refractivity contribution in [1.29, 1.82) is 0 Å². The van der Waals surface area contributed by atoms with Crippen molar-refractivity contribution in [3.63, 3.8) is 0 Å². The summed E-state index contributed by atoms with van der Waals surface area (Å²) in [6.07, 6.45) is 10.1. The van der Waals surface area contributed by atoms with E-state index in [4.69, 9.17) is 0 Å². The minimum absolute atomic E-state index is 0.124. The van der Waals surface area contributed by atoms with Crippen molar-refractivity contribution in [1.82, 2.24) is 14.8 Å². The molecule has 120 valence electrons. The number of rotatable bonds is 4. The van der Waals surface area contributed by atoms with Crippen molar-refractivity contribution in [2.45, 2.75) is 57.0 Å². The first kappa shape index (κ1) is 14.6. The number of thiazole rings is 1. The monoisotopic (exact) mass is 319 g/mol. The smallest absolute Gasteiger partial charge is 0.223 e. The minimum Gasteiger partial charge on any atom is -0.332 e. The Hall–Kier alpha value is -0.940. The van der Waals surface area contributed by atoms with Crippen LogP contribution >= 0.6 is 11.3 Å². The lowest BCUT2D eigenvalue weighted by Crippen LogP contribution is -2.45. The van der Waals surface area contributed by atoms with Crippen molar-refractivity contribution in [2.75, 3.05) is 19.6 Å². The Morgan fingerprint density at radius 3 is 2.95 bits per heavy atom. The van der Waals surface area contributed by atoms with Crippen molar-refractivity contribution in [2.24, 2.45) is 5.92 Å². The fourth-order valence-electron chi connectivity index (χ4n) is 4.21. The van der Waals surface area contributed by atoms with Gasteiger partial charge >= 0.3 is 0 Å². The van der Waals surface area contributed by atoms with Crippen LogP contribution in [0.2, 0.25) is 0 Å². The third-order valence-electron chi connectivity index (χ3n) is 5.70. The predicted octanol–water partition coefficient (Wildman–Crippen LogP) is 2.90. The second-order valence-electron chi connectivity index (χ2n) is 7.27. The van der Waals surface area contributed by atoms with Gasteiger partial charge in [0.15, 0.2) is 0 Å². The zero-order valence-corrected chi connectivity index (χ0v) is 14.0. The molecule has 0 N–H and O–H groups in total. The molecule has 2 aliphatic heterocycles. The lowest BCUT2D eigenvalue weighted by molar-refractivity contribution is -0.132. The highest BCUT2D eigenvalue weighted by atomic mass is 32.1. The van der Waals surface area contributed by atoms with E-state index in [2.05, 4.69) is 14.8 Å². The molecule has 0 bridgehead atoms. The van der Waals surface area contributed by atoms with Gasteiger partial charge in [0.25, 0.3) is 0 Å². The molecule has 3 aliphatic rings. The molecule has 2 saturated heterocycles. The maximum absolute atomic E-state index is 12.5. The van der Waals surface area contributed by atoms with Gasteiger partial charge in [0.2, 0.25) is 5.91 Å². The molecule has 5 heteroatoms. The van der Waals surface area contributed by atoms with Gasteiger partial charge in [0.05, 0.1) is 12.1 Å². The molecule has 22 heavy (non-hydrogen) atoms. The van der Waals surface area contributed by atoms with Gasteiger partial charge in [-0.25, -0.2) is 0 Å². The predicted molar refractivity (Wildman–Crippen MR) is 87.6 cm³/mol. The maximum atomic E-state index is 12.5. The highest BCUT2D eigenvalue weighted by molar-refractivity contribution is 7.09. The lowest BCUT2D eigenvalue weighted by Gasteiger charge is -2.38. The lowest BCUT2D eigenvalue weighted by atomic mass is 9.87. The minimum atomic E-state index is 0.124. The van der Waals surface area contributed by atoms with Crippen LogP contribution in [0.3, 0.4) is 0 Å². The Balaban J connectivity index is 1.46. The average molecular weight is 319 g/mol. The number of aromatic nitrogens is 1. The third-order valence-corrected chi connectivity index (χ3v) is 6.46. The first-order valence-corrected chi connectivity index (χ1v) is 9.53. The number of nitrogens with zero attached hydrogens (tertiary/aromatic N) is 3. The highest BCUT2D eigenvalue weighted by Gasteiger charge is 2.45. The second-order valence-corrected chi connectivity index (χ2v) is 8.24. The van der Waals surface area contributed by atoms with Crippen molar-refractivity contribution >= 4 is 17.2 Å². The molecule has 4 nitrogen and oxygen atoms in total. The van der Waals surface area contributed by atoms with Gasteiger partial charge in [-0.05, 0) is 51.0 Å². The topological polar surface area (TPSA) is 36.4 Å². The van der Waals surface area contributed by atoms with Crippen LogP contribution in [0.4, 0.5) is 0 Å². The van der Waals surface area contributed by atoms with E-state index in [0.717, 1.165) is 31.7 Å². The number of hydrogen-bond donors (Lipinski definition) is 0. The van der Waals surface area contributed by atoms with Crippen LogP contribution in [0.1, 0.15) is 49.8 Å². The van der Waals surface area contributed by atoms with Crippen LogP contribution in [0.25, 0.3) is 0 Å². The van der Waals surface area contributed by atoms with E-state index >= 15 is 0 Å². The zero-order chi connectivity index (χ0) is 15.0. The quantitative estimate of drug-likeness (QED) is 0.856. The molecule has 1 aromatic heterocycles. The summed E-state index contributed by atoms with van der Waals surface area (Å²) in [6.45, 7) is 4.45. The van der Waals surface area contributed by atoms with Crippen LogP contribution in [0, 0.1) is 5.92 Å². The number of hydrogen-bond acceptors (Lipinski definition) is 4. The normalized spacial score (nSPS) is 30.2. The van der Waals surface area contributed by atoms with E-state index in [9.17, 15) is 4.79 Å². The number of carbonyl (C=O) groups is 1. The molecule has 3 heterocycles. The Morgan fingerprint density at radius 1 is 1.27 bits per heavy atom. The van der Waals surface area contributed by atoms with E-state index < -0.39 is 0 Å². The molecule has 1 aromatic rings. The molecular weight excluding hydrogens is 294 g/mol. The van der Waals surface area contributed by atoms with Gasteiger partial charge < -0.3 is 9.80 Å². The first-order valence-electron chi connectivity index (χ1n) is 8.65. The molecule has 3 fully saturated rings. The maximum Gasteiger partial charge on any atom is 0.223 e. The molecule has 1 atom stereocenters. The van der Waals surface area contributed by atoms with Gasteiger partial charge in [-0.15, -0.1) is 11.3 Å². The Morgan fingerprint density at radius 2 is 2.18 bits per heavy atom. The van der Waals surface area contributed by atoms with Gasteiger partial charge in [0.1, 0.15) is 0 Å². The summed E-state index contributed by atoms with van der Waals surface area (Å²) in [5.74, 6) is 1.32. The molecule has 0 aromatic carbocycles. The summed E-state index contributed by atoms with van der Waals surface area (Å²) in [4.78, 5) is 22.7. The Labute approximate surface area is 136 Å². The van der Waals surface area contributed by atoms with Crippen LogP contribution < -0.4 is 0 Å². The third kappa shape index (κ3) is 2.93. The molecule has 1 saturated carbocycles. The molecule has 1 spiro atoms. The van der Waals surface area contributed by atoms with Crippen LogP contribution in [-0.4, -0.2) is 45.9 Å². The summed E-state index contributed by atoms with van der Waals surface area (Å²) in [5.41, 5.74) is 1.99. The largest absolute Gasteiger partial charge is 0.332 e. The highest BCUT2D eigenvalue weighted by Crippen LogP contribution is 2.41. The van der Waals surface area contributed by atoms with Gasteiger partial charge in [-0.1, -0.05) is 0 Å². The van der Waals surface area contributed by atoms with Crippen molar-refractivity contribution in [3.05, 3.63) is 16.6 Å². The van der Waals surface area contributed by atoms with E-state index in [1.165, 1.54) is 50.2 Å². The molecular formula is C17H25N3OS. The van der Waals surface area contributed by atoms with Gasteiger partial charge in [-0.2, -0.15) is 0 Å². The number of carbonyl (C=O) groups excluding carboxylic acids is 1. The van der Waals surface area contributed by atoms with Gasteiger partial charge in [0, 0.05) is 36.1 Å². The van der Waals surface area contributed by atoms with Crippen LogP contribution in [0.5, 0.6) is 0 Å². The van der Waals surface area contributed by atoms with E-state index in [1.807, 2.05) is 11.7 Å². The van der Waals surface area contributed by atoms with Crippen LogP contribution in [-0.2, 0) is 11.3 Å². The average Bonchev–Trinajstić information content (AvgIpc) is 3.15. The molecule has 4 rings (SSSR count). The molecule has 1 amide bonds. The Bertz CT molecular complexity index is 528. The molecule has 0 unspecified atom stereocenters. The molecule has 0 radical (unpaired) electrons. The standard InChI is InChI=1S/C17H25N3OS/c21-16-4-6-17(20(16)12-15-10-18-13-22-15)5-1-8-19(9-7-17)11-14-2-3-14/h10,13-14H,1-9,11-12H2/t17-/m1/s1. The summed E-state index contributed by atoms with van der Waals surface area (Å²) in [7, 11) is 0. The summed E-state index contributed by atoms with van der Waals surface area (Å²) < 4.78 is 0.